The van der Waals surface area contributed by atoms with Crippen molar-refractivity contribution in [2.45, 2.75) is 41.0 Å². The average Bonchev–Trinajstić information content (AvgIpc) is 2.28. The summed E-state index contributed by atoms with van der Waals surface area (Å²) in [4.78, 5) is 10.8. The molecule has 0 radical (unpaired) electrons. The maximum absolute atomic E-state index is 4.38. The normalized spacial score (nSPS) is 9.13. The fourth-order valence-electron chi connectivity index (χ4n) is 1.26. The van der Waals surface area contributed by atoms with E-state index in [9.17, 15) is 0 Å². The van der Waals surface area contributed by atoms with Gasteiger partial charge in [-0.3, -0.25) is 0 Å². The molecule has 0 saturated heterocycles. The van der Waals surface area contributed by atoms with Crippen LogP contribution in [0.1, 0.15) is 39.8 Å². The fourth-order valence-corrected chi connectivity index (χ4v) is 1.26. The molecule has 0 aromatic carbocycles. The van der Waals surface area contributed by atoms with Crippen molar-refractivity contribution in [2.24, 2.45) is 0 Å². The number of nitrogens with zero attached hydrogens (tertiary/aromatic N) is 3. The first-order chi connectivity index (χ1) is 7.27. The first-order valence-electron chi connectivity index (χ1n) is 5.82. The van der Waals surface area contributed by atoms with Crippen LogP contribution in [0, 0.1) is 6.92 Å². The monoisotopic (exact) mass is 209 g/mol. The van der Waals surface area contributed by atoms with Crippen molar-refractivity contribution in [1.82, 2.24) is 9.97 Å². The molecule has 3 nitrogen and oxygen atoms in total. The molecule has 0 spiro atoms. The molecule has 0 aliphatic carbocycles. The summed E-state index contributed by atoms with van der Waals surface area (Å²) in [5, 5.41) is 0. The van der Waals surface area contributed by atoms with Gasteiger partial charge in [0.25, 0.3) is 0 Å². The number of hydrogen-bond donors (Lipinski definition) is 0. The molecule has 0 saturated carbocycles. The fraction of sp³-hybridized carbons (Fsp3) is 0.667. The SMILES string of the molecule is CC.CCCN(CC)c1nccc(C)n1. The van der Waals surface area contributed by atoms with Gasteiger partial charge in [-0.2, -0.15) is 0 Å². The van der Waals surface area contributed by atoms with Crippen LogP contribution >= 0.6 is 0 Å². The molecule has 1 heterocycles. The van der Waals surface area contributed by atoms with Crippen LogP contribution in [0.25, 0.3) is 0 Å². The smallest absolute Gasteiger partial charge is 0.225 e. The lowest BCUT2D eigenvalue weighted by Crippen LogP contribution is -2.25. The molecule has 15 heavy (non-hydrogen) atoms. The van der Waals surface area contributed by atoms with Crippen LogP contribution in [0.2, 0.25) is 0 Å². The molecule has 1 aromatic rings. The summed E-state index contributed by atoms with van der Waals surface area (Å²) in [5.41, 5.74) is 1.03. The Labute approximate surface area is 93.6 Å². The lowest BCUT2D eigenvalue weighted by atomic mass is 10.4. The van der Waals surface area contributed by atoms with Crippen molar-refractivity contribution in [3.63, 3.8) is 0 Å². The molecule has 0 bridgehead atoms. The third-order valence-electron chi connectivity index (χ3n) is 1.94. The summed E-state index contributed by atoms with van der Waals surface area (Å²) in [6.07, 6.45) is 2.95. The number of aryl methyl sites for hydroxylation is 1. The maximum atomic E-state index is 4.38. The Bertz CT molecular complexity index is 261. The summed E-state index contributed by atoms with van der Waals surface area (Å²) in [5.74, 6) is 0.851. The molecule has 0 aliphatic rings. The minimum absolute atomic E-state index is 0.851. The van der Waals surface area contributed by atoms with Crippen molar-refractivity contribution in [1.29, 1.82) is 0 Å². The van der Waals surface area contributed by atoms with Crippen LogP contribution < -0.4 is 4.90 Å². The van der Waals surface area contributed by atoms with Gasteiger partial charge in [0.05, 0.1) is 0 Å². The Balaban J connectivity index is 0.000000921. The molecule has 0 fully saturated rings. The molecule has 0 aliphatic heterocycles. The Morgan fingerprint density at radius 1 is 1.27 bits per heavy atom. The summed E-state index contributed by atoms with van der Waals surface area (Å²) in [6.45, 7) is 12.3. The van der Waals surface area contributed by atoms with Crippen LogP contribution in [-0.4, -0.2) is 23.1 Å². The van der Waals surface area contributed by atoms with E-state index in [1.165, 1.54) is 0 Å². The lowest BCUT2D eigenvalue weighted by molar-refractivity contribution is 0.759. The minimum atomic E-state index is 0.851. The van der Waals surface area contributed by atoms with Crippen LogP contribution in [-0.2, 0) is 0 Å². The summed E-state index contributed by atoms with van der Waals surface area (Å²) in [7, 11) is 0. The van der Waals surface area contributed by atoms with Gasteiger partial charge in [-0.25, -0.2) is 9.97 Å². The van der Waals surface area contributed by atoms with E-state index in [4.69, 9.17) is 0 Å². The Morgan fingerprint density at radius 3 is 2.40 bits per heavy atom. The second kappa shape index (κ2) is 8.21. The highest BCUT2D eigenvalue weighted by Gasteiger charge is 2.04. The number of rotatable bonds is 4. The van der Waals surface area contributed by atoms with Gasteiger partial charge in [-0.05, 0) is 26.3 Å². The molecule has 1 rings (SSSR count). The lowest BCUT2D eigenvalue weighted by Gasteiger charge is -2.19. The first-order valence-corrected chi connectivity index (χ1v) is 5.82. The van der Waals surface area contributed by atoms with Crippen molar-refractivity contribution in [2.75, 3.05) is 18.0 Å². The van der Waals surface area contributed by atoms with Crippen molar-refractivity contribution in [3.05, 3.63) is 18.0 Å². The highest BCUT2D eigenvalue weighted by atomic mass is 15.2. The third kappa shape index (κ3) is 4.77. The second-order valence-corrected chi connectivity index (χ2v) is 3.08. The number of aromatic nitrogens is 2. The first kappa shape index (κ1) is 13.9. The van der Waals surface area contributed by atoms with E-state index >= 15 is 0 Å². The van der Waals surface area contributed by atoms with Gasteiger partial charge < -0.3 is 4.90 Å². The summed E-state index contributed by atoms with van der Waals surface area (Å²) < 4.78 is 0. The standard InChI is InChI=1S/C10H17N3.C2H6/c1-4-8-13(5-2)10-11-7-6-9(3)12-10;1-2/h6-7H,4-5,8H2,1-3H3;1-2H3. The number of anilines is 1. The molecule has 1 aromatic heterocycles. The molecule has 86 valence electrons. The number of hydrogen-bond acceptors (Lipinski definition) is 3. The molecule has 0 amide bonds. The minimum Gasteiger partial charge on any atom is -0.341 e. The molecule has 0 N–H and O–H groups in total. The zero-order valence-corrected chi connectivity index (χ0v) is 10.6. The van der Waals surface area contributed by atoms with Gasteiger partial charge in [0.2, 0.25) is 5.95 Å². The zero-order chi connectivity index (χ0) is 11.7. The molecular formula is C12H23N3. The highest BCUT2D eigenvalue weighted by Crippen LogP contribution is 2.06. The van der Waals surface area contributed by atoms with Crippen molar-refractivity contribution >= 4 is 5.95 Å². The van der Waals surface area contributed by atoms with Gasteiger partial charge in [-0.15, -0.1) is 0 Å². The summed E-state index contributed by atoms with van der Waals surface area (Å²) in [6, 6.07) is 1.92. The quantitative estimate of drug-likeness (QED) is 0.763. The van der Waals surface area contributed by atoms with Gasteiger partial charge in [0, 0.05) is 25.0 Å². The second-order valence-electron chi connectivity index (χ2n) is 3.08. The molecule has 0 unspecified atom stereocenters. The molecular weight excluding hydrogens is 186 g/mol. The predicted octanol–water partition coefficient (Wildman–Crippen LogP) is 3.05. The Hall–Kier alpha value is -1.12. The van der Waals surface area contributed by atoms with Crippen LogP contribution in [0.5, 0.6) is 0 Å². The topological polar surface area (TPSA) is 29.0 Å². The molecule has 3 heteroatoms. The maximum Gasteiger partial charge on any atom is 0.225 e. The van der Waals surface area contributed by atoms with Crippen LogP contribution in [0.3, 0.4) is 0 Å². The van der Waals surface area contributed by atoms with E-state index < -0.39 is 0 Å². The van der Waals surface area contributed by atoms with E-state index in [1.54, 1.807) is 0 Å². The van der Waals surface area contributed by atoms with Crippen LogP contribution in [0.15, 0.2) is 12.3 Å². The Kier molecular flexibility index (Phi) is 7.60. The third-order valence-corrected chi connectivity index (χ3v) is 1.94. The van der Waals surface area contributed by atoms with Gasteiger partial charge in [0.15, 0.2) is 0 Å². The van der Waals surface area contributed by atoms with Crippen molar-refractivity contribution < 1.29 is 0 Å². The Morgan fingerprint density at radius 2 is 1.93 bits per heavy atom. The summed E-state index contributed by atoms with van der Waals surface area (Å²) >= 11 is 0. The van der Waals surface area contributed by atoms with E-state index in [1.807, 2.05) is 33.0 Å². The van der Waals surface area contributed by atoms with Gasteiger partial charge >= 0.3 is 0 Å². The van der Waals surface area contributed by atoms with Gasteiger partial charge in [0.1, 0.15) is 0 Å². The predicted molar refractivity (Wildman–Crippen MR) is 66.3 cm³/mol. The zero-order valence-electron chi connectivity index (χ0n) is 10.6. The van der Waals surface area contributed by atoms with E-state index in [0.29, 0.717) is 0 Å². The highest BCUT2D eigenvalue weighted by molar-refractivity contribution is 5.29. The average molecular weight is 209 g/mol. The van der Waals surface area contributed by atoms with Crippen LogP contribution in [0.4, 0.5) is 5.95 Å². The van der Waals surface area contributed by atoms with Gasteiger partial charge in [-0.1, -0.05) is 20.8 Å². The van der Waals surface area contributed by atoms with E-state index in [0.717, 1.165) is 31.2 Å². The molecule has 0 atom stereocenters. The largest absolute Gasteiger partial charge is 0.341 e. The van der Waals surface area contributed by atoms with E-state index in [-0.39, 0.29) is 0 Å². The van der Waals surface area contributed by atoms with Crippen molar-refractivity contribution in [3.8, 4) is 0 Å². The van der Waals surface area contributed by atoms with E-state index in [2.05, 4.69) is 28.7 Å².